The van der Waals surface area contributed by atoms with Gasteiger partial charge < -0.3 is 5.32 Å². The lowest BCUT2D eigenvalue weighted by molar-refractivity contribution is -0.116. The van der Waals surface area contributed by atoms with Crippen molar-refractivity contribution in [2.45, 2.75) is 39.7 Å². The van der Waals surface area contributed by atoms with E-state index >= 15 is 0 Å². The third kappa shape index (κ3) is 4.60. The molecule has 0 aliphatic carbocycles. The predicted octanol–water partition coefficient (Wildman–Crippen LogP) is 4.11. The lowest BCUT2D eigenvalue weighted by atomic mass is 10.1. The summed E-state index contributed by atoms with van der Waals surface area (Å²) in [6.07, 6.45) is 1.41. The molecule has 0 spiro atoms. The van der Waals surface area contributed by atoms with Crippen LogP contribution in [0.2, 0.25) is 0 Å². The summed E-state index contributed by atoms with van der Waals surface area (Å²) in [7, 11) is 0. The second kappa shape index (κ2) is 8.60. The number of nitrogens with one attached hydrogen (secondary N) is 1. The minimum atomic E-state index is -0.0625. The number of amides is 1. The van der Waals surface area contributed by atoms with E-state index in [2.05, 4.69) is 21.5 Å². The molecule has 0 radical (unpaired) electrons. The molecule has 3 rings (SSSR count). The summed E-state index contributed by atoms with van der Waals surface area (Å²) in [5.41, 5.74) is 4.91. The Labute approximate surface area is 162 Å². The molecule has 2 aromatic heterocycles. The fraction of sp³-hybridized carbons (Fsp3) is 0.300. The first-order valence-corrected chi connectivity index (χ1v) is 9.67. The molecule has 27 heavy (non-hydrogen) atoms. The van der Waals surface area contributed by atoms with Crippen molar-refractivity contribution in [3.05, 3.63) is 52.7 Å². The molecule has 138 valence electrons. The maximum absolute atomic E-state index is 12.3. The zero-order chi connectivity index (χ0) is 19.2. The van der Waals surface area contributed by atoms with Crippen LogP contribution < -0.4 is 5.32 Å². The molecule has 0 unspecified atom stereocenters. The first-order chi connectivity index (χ1) is 13.1. The van der Waals surface area contributed by atoms with Crippen LogP contribution in [-0.4, -0.2) is 20.7 Å². The van der Waals surface area contributed by atoms with Crippen molar-refractivity contribution < 1.29 is 4.79 Å². The van der Waals surface area contributed by atoms with Gasteiger partial charge in [0.15, 0.2) is 5.13 Å². The highest BCUT2D eigenvalue weighted by Crippen LogP contribution is 2.25. The van der Waals surface area contributed by atoms with Gasteiger partial charge in [-0.1, -0.05) is 30.3 Å². The van der Waals surface area contributed by atoms with Gasteiger partial charge in [-0.15, -0.1) is 11.3 Å². The molecule has 0 aliphatic rings. The molecular formula is C20H21N5OS. The average molecular weight is 379 g/mol. The number of hydrogen-bond acceptors (Lipinski definition) is 5. The minimum Gasteiger partial charge on any atom is -0.302 e. The highest BCUT2D eigenvalue weighted by Gasteiger charge is 2.14. The van der Waals surface area contributed by atoms with Gasteiger partial charge in [0.1, 0.15) is 0 Å². The van der Waals surface area contributed by atoms with Crippen LogP contribution in [0.4, 0.5) is 5.13 Å². The predicted molar refractivity (Wildman–Crippen MR) is 106 cm³/mol. The number of carbonyl (C=O) groups excluding carboxylic acids is 1. The zero-order valence-electron chi connectivity index (χ0n) is 15.4. The number of carbonyl (C=O) groups is 1. The molecule has 0 aliphatic heterocycles. The molecule has 3 aromatic rings. The van der Waals surface area contributed by atoms with Crippen molar-refractivity contribution in [1.29, 1.82) is 5.26 Å². The zero-order valence-corrected chi connectivity index (χ0v) is 16.2. The number of benzene rings is 1. The van der Waals surface area contributed by atoms with E-state index in [9.17, 15) is 4.79 Å². The van der Waals surface area contributed by atoms with Crippen LogP contribution in [0.25, 0.3) is 11.3 Å². The highest BCUT2D eigenvalue weighted by molar-refractivity contribution is 7.14. The number of nitrogens with zero attached hydrogens (tertiary/aromatic N) is 4. The van der Waals surface area contributed by atoms with E-state index in [1.807, 2.05) is 54.2 Å². The summed E-state index contributed by atoms with van der Waals surface area (Å²) in [6.45, 7) is 4.50. The number of hydrogen-bond donors (Lipinski definition) is 1. The summed E-state index contributed by atoms with van der Waals surface area (Å²) in [4.78, 5) is 16.8. The molecule has 7 heteroatoms. The van der Waals surface area contributed by atoms with Crippen LogP contribution in [0.5, 0.6) is 0 Å². The molecular weight excluding hydrogens is 358 g/mol. The van der Waals surface area contributed by atoms with Gasteiger partial charge in [-0.25, -0.2) is 4.98 Å². The Morgan fingerprint density at radius 3 is 2.81 bits per heavy atom. The highest BCUT2D eigenvalue weighted by atomic mass is 32.1. The summed E-state index contributed by atoms with van der Waals surface area (Å²) < 4.78 is 1.85. The molecule has 1 amide bonds. The molecule has 2 heterocycles. The van der Waals surface area contributed by atoms with Gasteiger partial charge in [-0.05, 0) is 25.8 Å². The fourth-order valence-electron chi connectivity index (χ4n) is 2.96. The Kier molecular flexibility index (Phi) is 5.99. The van der Waals surface area contributed by atoms with Gasteiger partial charge in [-0.2, -0.15) is 10.4 Å². The van der Waals surface area contributed by atoms with Crippen molar-refractivity contribution in [2.75, 3.05) is 5.32 Å². The summed E-state index contributed by atoms with van der Waals surface area (Å²) in [5.74, 6) is -0.0625. The maximum Gasteiger partial charge on any atom is 0.226 e. The van der Waals surface area contributed by atoms with E-state index in [-0.39, 0.29) is 5.91 Å². The van der Waals surface area contributed by atoms with Gasteiger partial charge in [0.05, 0.1) is 30.4 Å². The lowest BCUT2D eigenvalue weighted by Gasteiger charge is -2.04. The summed E-state index contributed by atoms with van der Waals surface area (Å²) >= 11 is 1.42. The summed E-state index contributed by atoms with van der Waals surface area (Å²) in [5, 5.41) is 18.6. The van der Waals surface area contributed by atoms with Gasteiger partial charge in [0, 0.05) is 23.1 Å². The SMILES string of the molecule is Cc1nn(CCC#N)c(C)c1CCC(=O)Nc1nc(-c2ccccc2)cs1. The van der Waals surface area contributed by atoms with E-state index in [0.29, 0.717) is 30.9 Å². The first kappa shape index (κ1) is 18.8. The van der Waals surface area contributed by atoms with E-state index in [1.54, 1.807) is 0 Å². The standard InChI is InChI=1S/C20H21N5OS/c1-14-17(15(2)25(24-14)12-6-11-21)9-10-19(26)23-20-22-18(13-27-20)16-7-4-3-5-8-16/h3-5,7-8,13H,6,9-10,12H2,1-2H3,(H,22,23,26). The minimum absolute atomic E-state index is 0.0625. The van der Waals surface area contributed by atoms with Crippen molar-refractivity contribution in [2.24, 2.45) is 0 Å². The monoisotopic (exact) mass is 379 g/mol. The number of aromatic nitrogens is 3. The van der Waals surface area contributed by atoms with Crippen molar-refractivity contribution in [3.63, 3.8) is 0 Å². The van der Waals surface area contributed by atoms with Crippen LogP contribution in [0.1, 0.15) is 29.8 Å². The molecule has 1 N–H and O–H groups in total. The largest absolute Gasteiger partial charge is 0.302 e. The Hall–Kier alpha value is -2.98. The van der Waals surface area contributed by atoms with Crippen molar-refractivity contribution in [1.82, 2.24) is 14.8 Å². The van der Waals surface area contributed by atoms with Crippen molar-refractivity contribution >= 4 is 22.4 Å². The second-order valence-electron chi connectivity index (χ2n) is 6.23. The Morgan fingerprint density at radius 2 is 2.07 bits per heavy atom. The third-order valence-corrected chi connectivity index (χ3v) is 5.15. The molecule has 0 saturated heterocycles. The van der Waals surface area contributed by atoms with Crippen molar-refractivity contribution in [3.8, 4) is 17.3 Å². The summed E-state index contributed by atoms with van der Waals surface area (Å²) in [6, 6.07) is 12.0. The molecule has 6 nitrogen and oxygen atoms in total. The maximum atomic E-state index is 12.3. The Bertz CT molecular complexity index is 968. The van der Waals surface area contributed by atoms with Gasteiger partial charge in [0.2, 0.25) is 5.91 Å². The van der Waals surface area contributed by atoms with E-state index in [1.165, 1.54) is 11.3 Å². The second-order valence-corrected chi connectivity index (χ2v) is 7.09. The van der Waals surface area contributed by atoms with Gasteiger partial charge >= 0.3 is 0 Å². The van der Waals surface area contributed by atoms with E-state index < -0.39 is 0 Å². The number of thiazole rings is 1. The van der Waals surface area contributed by atoms with E-state index in [0.717, 1.165) is 28.2 Å². The number of anilines is 1. The topological polar surface area (TPSA) is 83.6 Å². The Morgan fingerprint density at radius 1 is 1.30 bits per heavy atom. The first-order valence-electron chi connectivity index (χ1n) is 8.79. The number of rotatable bonds is 7. The molecule has 0 fully saturated rings. The van der Waals surface area contributed by atoms with Gasteiger partial charge in [-0.3, -0.25) is 9.48 Å². The number of nitriles is 1. The van der Waals surface area contributed by atoms with Gasteiger partial charge in [0.25, 0.3) is 0 Å². The molecule has 0 saturated carbocycles. The van der Waals surface area contributed by atoms with Crippen LogP contribution in [0.15, 0.2) is 35.7 Å². The fourth-order valence-corrected chi connectivity index (χ4v) is 3.70. The van der Waals surface area contributed by atoms with Crippen LogP contribution in [-0.2, 0) is 17.8 Å². The Balaban J connectivity index is 1.59. The smallest absolute Gasteiger partial charge is 0.226 e. The lowest BCUT2D eigenvalue weighted by Crippen LogP contribution is -2.12. The quantitative estimate of drug-likeness (QED) is 0.670. The molecule has 1 aromatic carbocycles. The number of aryl methyl sites for hydroxylation is 2. The average Bonchev–Trinajstić information content (AvgIpc) is 3.24. The molecule has 0 bridgehead atoms. The molecule has 0 atom stereocenters. The van der Waals surface area contributed by atoms with Crippen LogP contribution in [0.3, 0.4) is 0 Å². The van der Waals surface area contributed by atoms with Crippen LogP contribution >= 0.6 is 11.3 Å². The third-order valence-electron chi connectivity index (χ3n) is 4.39. The van der Waals surface area contributed by atoms with E-state index in [4.69, 9.17) is 5.26 Å². The normalized spacial score (nSPS) is 10.6. The van der Waals surface area contributed by atoms with Crippen LogP contribution in [0, 0.1) is 25.2 Å².